The molecule has 0 unspecified atom stereocenters. The van der Waals surface area contributed by atoms with Crippen molar-refractivity contribution in [2.75, 3.05) is 6.26 Å². The number of carbonyl (C=O) groups is 1. The van der Waals surface area contributed by atoms with Crippen molar-refractivity contribution in [3.63, 3.8) is 0 Å². The number of hydrogen-bond acceptors (Lipinski definition) is 4. The molecule has 0 bridgehead atoms. The number of carboxylic acids is 1. The summed E-state index contributed by atoms with van der Waals surface area (Å²) in [6, 6.07) is 15.4. The minimum atomic E-state index is -1.09. The predicted octanol–water partition coefficient (Wildman–Crippen LogP) is 3.66. The van der Waals surface area contributed by atoms with Crippen LogP contribution in [0.25, 0.3) is 16.9 Å². The fourth-order valence-electron chi connectivity index (χ4n) is 2.40. The zero-order chi connectivity index (χ0) is 16.4. The van der Waals surface area contributed by atoms with Crippen LogP contribution in [0.15, 0.2) is 53.4 Å². The molecule has 2 aromatic carbocycles. The smallest absolute Gasteiger partial charge is 0.358 e. The summed E-state index contributed by atoms with van der Waals surface area (Å²) in [4.78, 5) is 12.6. The van der Waals surface area contributed by atoms with Gasteiger partial charge in [-0.05, 0) is 37.4 Å². The van der Waals surface area contributed by atoms with Crippen molar-refractivity contribution < 1.29 is 9.90 Å². The van der Waals surface area contributed by atoms with Gasteiger partial charge in [0.15, 0.2) is 5.69 Å². The number of aromatic carboxylic acids is 1. The van der Waals surface area contributed by atoms with Gasteiger partial charge in [0.1, 0.15) is 5.69 Å². The average molecular weight is 325 g/mol. The van der Waals surface area contributed by atoms with Crippen LogP contribution in [0.2, 0.25) is 0 Å². The zero-order valence-electron chi connectivity index (χ0n) is 12.7. The summed E-state index contributed by atoms with van der Waals surface area (Å²) in [6.45, 7) is 1.96. The average Bonchev–Trinajstić information content (AvgIpc) is 3.00. The van der Waals surface area contributed by atoms with Crippen molar-refractivity contribution in [2.45, 2.75) is 11.8 Å². The molecule has 116 valence electrons. The van der Waals surface area contributed by atoms with E-state index in [-0.39, 0.29) is 5.69 Å². The number of benzene rings is 2. The molecular weight excluding hydrogens is 310 g/mol. The second-order valence-electron chi connectivity index (χ2n) is 5.07. The molecule has 6 heteroatoms. The summed E-state index contributed by atoms with van der Waals surface area (Å²) in [7, 11) is 0. The van der Waals surface area contributed by atoms with Crippen LogP contribution < -0.4 is 0 Å². The van der Waals surface area contributed by atoms with Gasteiger partial charge in [-0.3, -0.25) is 0 Å². The molecule has 0 fully saturated rings. The topological polar surface area (TPSA) is 68.0 Å². The first-order valence-electron chi connectivity index (χ1n) is 7.00. The highest BCUT2D eigenvalue weighted by Gasteiger charge is 2.21. The third kappa shape index (κ3) is 2.98. The van der Waals surface area contributed by atoms with Gasteiger partial charge in [-0.15, -0.1) is 16.9 Å². The Labute approximate surface area is 138 Å². The van der Waals surface area contributed by atoms with Crippen molar-refractivity contribution in [3.05, 3.63) is 59.8 Å². The van der Waals surface area contributed by atoms with Gasteiger partial charge < -0.3 is 5.11 Å². The maximum atomic E-state index is 11.5. The third-order valence-corrected chi connectivity index (χ3v) is 4.19. The van der Waals surface area contributed by atoms with E-state index in [4.69, 9.17) is 0 Å². The van der Waals surface area contributed by atoms with Gasteiger partial charge in [-0.2, -0.15) is 0 Å². The Kier molecular flexibility index (Phi) is 4.16. The van der Waals surface area contributed by atoms with E-state index >= 15 is 0 Å². The largest absolute Gasteiger partial charge is 0.476 e. The third-order valence-electron chi connectivity index (χ3n) is 3.46. The molecule has 0 radical (unpaired) electrons. The summed E-state index contributed by atoms with van der Waals surface area (Å²) in [5.74, 6) is -1.09. The van der Waals surface area contributed by atoms with E-state index in [9.17, 15) is 9.90 Å². The lowest BCUT2D eigenvalue weighted by molar-refractivity contribution is 0.0691. The standard InChI is InChI=1S/C17H15N3O2S/c1-11-5-3-6-12(9-11)16-15(17(21)22)18-19-20(16)13-7-4-8-14(10-13)23-2/h3-10H,1-2H3,(H,21,22). The molecule has 0 amide bonds. The lowest BCUT2D eigenvalue weighted by atomic mass is 10.1. The molecule has 0 saturated heterocycles. The molecule has 1 heterocycles. The van der Waals surface area contributed by atoms with Crippen molar-refractivity contribution >= 4 is 17.7 Å². The molecule has 0 atom stereocenters. The maximum Gasteiger partial charge on any atom is 0.358 e. The van der Waals surface area contributed by atoms with E-state index in [0.29, 0.717) is 5.69 Å². The van der Waals surface area contributed by atoms with Gasteiger partial charge in [-0.1, -0.05) is 35.0 Å². The number of hydrogen-bond donors (Lipinski definition) is 1. The molecular formula is C17H15N3O2S. The van der Waals surface area contributed by atoms with Crippen LogP contribution in [0.3, 0.4) is 0 Å². The Morgan fingerprint density at radius 1 is 1.17 bits per heavy atom. The van der Waals surface area contributed by atoms with Gasteiger partial charge in [-0.25, -0.2) is 9.48 Å². The Bertz CT molecular complexity index is 874. The second kappa shape index (κ2) is 6.26. The fraction of sp³-hybridized carbons (Fsp3) is 0.118. The molecule has 0 saturated carbocycles. The van der Waals surface area contributed by atoms with Gasteiger partial charge in [0, 0.05) is 10.5 Å². The first-order chi connectivity index (χ1) is 11.1. The van der Waals surface area contributed by atoms with E-state index in [2.05, 4.69) is 10.3 Å². The first kappa shape index (κ1) is 15.3. The highest BCUT2D eigenvalue weighted by atomic mass is 32.2. The summed E-state index contributed by atoms with van der Waals surface area (Å²) in [6.07, 6.45) is 1.99. The number of aryl methyl sites for hydroxylation is 1. The second-order valence-corrected chi connectivity index (χ2v) is 5.95. The molecule has 1 N–H and O–H groups in total. The Balaban J connectivity index is 2.24. The molecule has 0 aliphatic heterocycles. The first-order valence-corrected chi connectivity index (χ1v) is 8.23. The van der Waals surface area contributed by atoms with Crippen LogP contribution in [0.5, 0.6) is 0 Å². The number of rotatable bonds is 4. The predicted molar refractivity (Wildman–Crippen MR) is 90.3 cm³/mol. The van der Waals surface area contributed by atoms with Crippen LogP contribution in [-0.2, 0) is 0 Å². The van der Waals surface area contributed by atoms with E-state index in [1.807, 2.05) is 61.7 Å². The van der Waals surface area contributed by atoms with Crippen molar-refractivity contribution in [2.24, 2.45) is 0 Å². The number of aromatic nitrogens is 3. The molecule has 0 spiro atoms. The van der Waals surface area contributed by atoms with Crippen LogP contribution in [-0.4, -0.2) is 32.3 Å². The van der Waals surface area contributed by atoms with Crippen molar-refractivity contribution in [3.8, 4) is 16.9 Å². The lowest BCUT2D eigenvalue weighted by Crippen LogP contribution is -2.03. The Morgan fingerprint density at radius 2 is 1.96 bits per heavy atom. The normalized spacial score (nSPS) is 10.7. The molecule has 3 aromatic rings. The van der Waals surface area contributed by atoms with E-state index in [1.165, 1.54) is 0 Å². The van der Waals surface area contributed by atoms with Gasteiger partial charge in [0.05, 0.1) is 5.69 Å². The molecule has 0 aliphatic rings. The van der Waals surface area contributed by atoms with E-state index in [0.717, 1.165) is 21.7 Å². The zero-order valence-corrected chi connectivity index (χ0v) is 13.5. The van der Waals surface area contributed by atoms with Crippen LogP contribution in [0, 0.1) is 6.92 Å². The highest BCUT2D eigenvalue weighted by Crippen LogP contribution is 2.27. The van der Waals surface area contributed by atoms with E-state index < -0.39 is 5.97 Å². The molecule has 3 rings (SSSR count). The van der Waals surface area contributed by atoms with Gasteiger partial charge in [0.2, 0.25) is 0 Å². The summed E-state index contributed by atoms with van der Waals surface area (Å²) < 4.78 is 1.58. The monoisotopic (exact) mass is 325 g/mol. The van der Waals surface area contributed by atoms with Gasteiger partial charge in [0.25, 0.3) is 0 Å². The Morgan fingerprint density at radius 3 is 2.65 bits per heavy atom. The minimum Gasteiger partial charge on any atom is -0.476 e. The highest BCUT2D eigenvalue weighted by molar-refractivity contribution is 7.98. The maximum absolute atomic E-state index is 11.5. The summed E-state index contributed by atoms with van der Waals surface area (Å²) >= 11 is 1.62. The van der Waals surface area contributed by atoms with Crippen molar-refractivity contribution in [1.82, 2.24) is 15.0 Å². The van der Waals surface area contributed by atoms with E-state index in [1.54, 1.807) is 16.4 Å². The molecule has 5 nitrogen and oxygen atoms in total. The van der Waals surface area contributed by atoms with Crippen molar-refractivity contribution in [1.29, 1.82) is 0 Å². The molecule has 1 aromatic heterocycles. The SMILES string of the molecule is CSc1cccc(-n2nnc(C(=O)O)c2-c2cccc(C)c2)c1. The summed E-state index contributed by atoms with van der Waals surface area (Å²) in [5, 5.41) is 17.4. The number of thioether (sulfide) groups is 1. The number of nitrogens with zero attached hydrogens (tertiary/aromatic N) is 3. The quantitative estimate of drug-likeness (QED) is 0.741. The fourth-order valence-corrected chi connectivity index (χ4v) is 2.85. The van der Waals surface area contributed by atoms with Gasteiger partial charge >= 0.3 is 5.97 Å². The lowest BCUT2D eigenvalue weighted by Gasteiger charge is -2.09. The number of carboxylic acid groups (broad SMARTS) is 1. The summed E-state index contributed by atoms with van der Waals surface area (Å²) in [5.41, 5.74) is 3.05. The Hall–Kier alpha value is -2.60. The van der Waals surface area contributed by atoms with Crippen LogP contribution in [0.1, 0.15) is 16.1 Å². The molecule has 23 heavy (non-hydrogen) atoms. The van der Waals surface area contributed by atoms with Crippen LogP contribution >= 0.6 is 11.8 Å². The molecule has 0 aliphatic carbocycles. The van der Waals surface area contributed by atoms with Crippen LogP contribution in [0.4, 0.5) is 0 Å². The minimum absolute atomic E-state index is 0.0508.